The van der Waals surface area contributed by atoms with Gasteiger partial charge in [-0.3, -0.25) is 24.5 Å². The van der Waals surface area contributed by atoms with Crippen molar-refractivity contribution in [3.63, 3.8) is 0 Å². The summed E-state index contributed by atoms with van der Waals surface area (Å²) in [5.74, 6) is 1.11. The van der Waals surface area contributed by atoms with Gasteiger partial charge in [0.2, 0.25) is 5.91 Å². The van der Waals surface area contributed by atoms with E-state index >= 15 is 0 Å². The number of fused-ring (bicyclic) bond motifs is 1. The van der Waals surface area contributed by atoms with Crippen LogP contribution in [-0.2, 0) is 16.2 Å². The third kappa shape index (κ3) is 9.79. The summed E-state index contributed by atoms with van der Waals surface area (Å²) in [4.78, 5) is 54.1. The van der Waals surface area contributed by atoms with E-state index in [-0.39, 0.29) is 36.2 Å². The van der Waals surface area contributed by atoms with Gasteiger partial charge in [0.15, 0.2) is 0 Å². The molecule has 53 heavy (non-hydrogen) atoms. The Kier molecular flexibility index (Phi) is 12.7. The predicted octanol–water partition coefficient (Wildman–Crippen LogP) is 6.59. The molecule has 2 amide bonds. The lowest BCUT2D eigenvalue weighted by molar-refractivity contribution is -0.130. The second kappa shape index (κ2) is 18.0. The quantitative estimate of drug-likeness (QED) is 0.0729. The van der Waals surface area contributed by atoms with Crippen LogP contribution in [0.1, 0.15) is 84.8 Å². The first-order valence-electron chi connectivity index (χ1n) is 18.1. The number of hydrogen-bond acceptors (Lipinski definition) is 9. The van der Waals surface area contributed by atoms with Crippen LogP contribution in [0.25, 0.3) is 23.1 Å². The summed E-state index contributed by atoms with van der Waals surface area (Å²) in [7, 11) is 3.60. The van der Waals surface area contributed by atoms with Crippen molar-refractivity contribution in [2.45, 2.75) is 67.9 Å². The molecule has 4 N–H and O–H groups in total. The number of imidazole rings is 1. The number of ether oxygens (including phenoxy) is 1. The van der Waals surface area contributed by atoms with Crippen LogP contribution in [0, 0.1) is 5.92 Å². The lowest BCUT2D eigenvalue weighted by atomic mass is 9.98. The summed E-state index contributed by atoms with van der Waals surface area (Å²) in [6.07, 6.45) is 11.8. The maximum atomic E-state index is 13.2. The number of rotatable bonds is 18. The lowest BCUT2D eigenvalue weighted by Gasteiger charge is -2.35. The third-order valence-electron chi connectivity index (χ3n) is 9.29. The van der Waals surface area contributed by atoms with E-state index in [1.165, 1.54) is 11.8 Å². The van der Waals surface area contributed by atoms with Gasteiger partial charge in [-0.05, 0) is 74.5 Å². The van der Waals surface area contributed by atoms with Gasteiger partial charge in [0, 0.05) is 54.4 Å². The zero-order valence-corrected chi connectivity index (χ0v) is 31.2. The Labute approximate surface area is 313 Å². The highest BCUT2D eigenvalue weighted by atomic mass is 32.2. The summed E-state index contributed by atoms with van der Waals surface area (Å²) in [5.41, 5.74) is 3.68. The van der Waals surface area contributed by atoms with Gasteiger partial charge in [-0.1, -0.05) is 43.7 Å². The molecule has 276 valence electrons. The number of amides is 2. The predicted molar refractivity (Wildman–Crippen MR) is 206 cm³/mol. The average molecular weight is 735 g/mol. The van der Waals surface area contributed by atoms with Crippen LogP contribution >= 0.6 is 11.8 Å². The van der Waals surface area contributed by atoms with Crippen molar-refractivity contribution >= 4 is 52.4 Å². The first-order valence-corrected chi connectivity index (χ1v) is 18.9. The van der Waals surface area contributed by atoms with Gasteiger partial charge < -0.3 is 25.3 Å². The number of H-pyrrole nitrogens is 2. The van der Waals surface area contributed by atoms with E-state index in [0.29, 0.717) is 36.4 Å². The smallest absolute Gasteiger partial charge is 0.255 e. The van der Waals surface area contributed by atoms with E-state index in [1.807, 2.05) is 74.7 Å². The van der Waals surface area contributed by atoms with Crippen LogP contribution in [0.15, 0.2) is 76.8 Å². The molecule has 0 spiro atoms. The molecular weight excluding hydrogens is 689 g/mol. The van der Waals surface area contributed by atoms with E-state index in [1.54, 1.807) is 25.5 Å². The minimum atomic E-state index is -0.287. The maximum absolute atomic E-state index is 13.2. The number of pyridine rings is 1. The van der Waals surface area contributed by atoms with Crippen LogP contribution in [0.2, 0.25) is 0 Å². The Morgan fingerprint density at radius 3 is 2.70 bits per heavy atom. The summed E-state index contributed by atoms with van der Waals surface area (Å²) in [6, 6.07) is 17.1. The highest BCUT2D eigenvalue weighted by molar-refractivity contribution is 7.99. The van der Waals surface area contributed by atoms with Crippen LogP contribution in [0.3, 0.4) is 0 Å². The summed E-state index contributed by atoms with van der Waals surface area (Å²) in [5, 5.41) is 14.5. The first-order chi connectivity index (χ1) is 25.8. The Morgan fingerprint density at radius 2 is 1.92 bits per heavy atom. The molecule has 0 bridgehead atoms. The minimum absolute atomic E-state index is 0.0255. The Morgan fingerprint density at radius 1 is 1.06 bits per heavy atom. The molecule has 1 saturated heterocycles. The number of ketones is 1. The van der Waals surface area contributed by atoms with Crippen molar-refractivity contribution in [2.24, 2.45) is 5.92 Å². The van der Waals surface area contributed by atoms with Crippen molar-refractivity contribution in [3.05, 3.63) is 95.5 Å². The fourth-order valence-electron chi connectivity index (χ4n) is 6.28. The topological polar surface area (TPSA) is 158 Å². The highest BCUT2D eigenvalue weighted by Crippen LogP contribution is 2.37. The first kappa shape index (κ1) is 37.5. The number of nitrogens with zero attached hydrogens (tertiary/aromatic N) is 4. The van der Waals surface area contributed by atoms with Gasteiger partial charge in [-0.25, -0.2) is 4.98 Å². The summed E-state index contributed by atoms with van der Waals surface area (Å²) < 4.78 is 6.26. The Hall–Kier alpha value is -5.27. The Balaban J connectivity index is 1.13. The number of carbonyl (C=O) groups is 3. The zero-order chi connectivity index (χ0) is 37.2. The number of unbranched alkanes of at least 4 members (excludes halogenated alkanes) is 2. The molecule has 12 nitrogen and oxygen atoms in total. The molecule has 6 rings (SSSR count). The van der Waals surface area contributed by atoms with Crippen LogP contribution in [-0.4, -0.2) is 74.8 Å². The fraction of sp³-hybridized carbons (Fsp3) is 0.350. The van der Waals surface area contributed by atoms with Crippen molar-refractivity contribution in [1.29, 1.82) is 0 Å². The number of benzene rings is 2. The lowest BCUT2D eigenvalue weighted by Crippen LogP contribution is -2.52. The van der Waals surface area contributed by atoms with Crippen LogP contribution in [0.4, 0.5) is 0 Å². The zero-order valence-electron chi connectivity index (χ0n) is 30.4. The van der Waals surface area contributed by atoms with Crippen molar-refractivity contribution in [1.82, 2.24) is 40.7 Å². The molecule has 13 heteroatoms. The molecule has 1 aliphatic rings. The number of aromatic nitrogens is 5. The number of carbonyl (C=O) groups excluding carboxylic acids is 3. The second-order valence-electron chi connectivity index (χ2n) is 13.3. The molecule has 0 aliphatic carbocycles. The number of Topliss-reactive ketones (excluding diaryl/α,β-unsaturated/α-hetero) is 1. The molecule has 0 unspecified atom stereocenters. The third-order valence-corrected chi connectivity index (χ3v) is 10.3. The number of nitrogens with one attached hydrogen (secondary N) is 4. The largest absolute Gasteiger partial charge is 0.486 e. The fourth-order valence-corrected chi connectivity index (χ4v) is 7.29. The van der Waals surface area contributed by atoms with Gasteiger partial charge in [0.05, 0.1) is 46.3 Å². The summed E-state index contributed by atoms with van der Waals surface area (Å²) in [6.45, 7) is 3.52. The molecule has 2 aromatic carbocycles. The SMILES string of the molecule is CCC(=O)CCCCC[C@H](NC(=O)C1CN(C)C1)c1ncc(COc2cccc(Sc3ccc4c(/C=C/c5ccccn5)n[nH]c4c3)c2C(=O)NC)[nH]1. The highest BCUT2D eigenvalue weighted by Gasteiger charge is 2.32. The molecule has 1 atom stereocenters. The van der Waals surface area contributed by atoms with Gasteiger partial charge in [0.1, 0.15) is 24.0 Å². The van der Waals surface area contributed by atoms with E-state index in [4.69, 9.17) is 4.74 Å². The van der Waals surface area contributed by atoms with Crippen molar-refractivity contribution < 1.29 is 19.1 Å². The normalized spacial score (nSPS) is 13.9. The molecule has 3 aromatic heterocycles. The van der Waals surface area contributed by atoms with Gasteiger partial charge >= 0.3 is 0 Å². The molecule has 0 radical (unpaired) electrons. The molecule has 5 aromatic rings. The second-order valence-corrected chi connectivity index (χ2v) is 14.4. The average Bonchev–Trinajstić information content (AvgIpc) is 3.81. The van der Waals surface area contributed by atoms with E-state index in [2.05, 4.69) is 40.7 Å². The summed E-state index contributed by atoms with van der Waals surface area (Å²) >= 11 is 1.47. The van der Waals surface area contributed by atoms with Crippen molar-refractivity contribution in [3.8, 4) is 5.75 Å². The monoisotopic (exact) mass is 734 g/mol. The van der Waals surface area contributed by atoms with Crippen LogP contribution in [0.5, 0.6) is 5.75 Å². The molecule has 4 heterocycles. The maximum Gasteiger partial charge on any atom is 0.255 e. The Bertz CT molecular complexity index is 2050. The van der Waals surface area contributed by atoms with Crippen LogP contribution < -0.4 is 15.4 Å². The molecule has 1 fully saturated rings. The number of aromatic amines is 2. The van der Waals surface area contributed by atoms with Gasteiger partial charge in [-0.2, -0.15) is 5.10 Å². The van der Waals surface area contributed by atoms with Gasteiger partial charge in [0.25, 0.3) is 5.91 Å². The van der Waals surface area contributed by atoms with Crippen molar-refractivity contribution in [2.75, 3.05) is 27.2 Å². The molecule has 1 aliphatic heterocycles. The minimum Gasteiger partial charge on any atom is -0.486 e. The number of likely N-dealkylation sites (tertiary alicyclic amines) is 1. The molecular formula is C40H46N8O4S. The van der Waals surface area contributed by atoms with Gasteiger partial charge in [-0.15, -0.1) is 0 Å². The standard InChI is InChI=1S/C40H46N8O4S/c1-4-29(49)12-6-5-7-13-33(45-39(50)26-23-48(3)24-26)38-43-22-28(44-38)25-52-35-14-10-15-36(37(35)40(51)41-2)53-30-17-18-31-32(46-47-34(31)21-30)19-16-27-11-8-9-20-42-27/h8-11,14-22,26,33H,4-7,12-13,23-25H2,1-3H3,(H,41,51)(H,43,44)(H,45,50)(H,46,47)/b19-16+/t33-/m0/s1. The van der Waals surface area contributed by atoms with E-state index < -0.39 is 0 Å². The van der Waals surface area contributed by atoms with E-state index in [9.17, 15) is 14.4 Å². The number of hydrogen-bond donors (Lipinski definition) is 4. The molecule has 0 saturated carbocycles. The van der Waals surface area contributed by atoms with E-state index in [0.717, 1.165) is 70.1 Å².